The summed E-state index contributed by atoms with van der Waals surface area (Å²) in [5.74, 6) is -0.270. The van der Waals surface area contributed by atoms with E-state index in [9.17, 15) is 4.39 Å². The molecule has 1 N–H and O–H groups in total. The maximum atomic E-state index is 13.6. The van der Waals surface area contributed by atoms with E-state index in [-0.39, 0.29) is 5.82 Å². The van der Waals surface area contributed by atoms with Gasteiger partial charge in [0, 0.05) is 53.3 Å². The second-order valence-electron chi connectivity index (χ2n) is 7.65. The molecule has 0 unspecified atom stereocenters. The van der Waals surface area contributed by atoms with Crippen LogP contribution in [0.5, 0.6) is 0 Å². The van der Waals surface area contributed by atoms with Gasteiger partial charge in [0.25, 0.3) is 0 Å². The summed E-state index contributed by atoms with van der Waals surface area (Å²) in [5, 5.41) is 3.70. The summed E-state index contributed by atoms with van der Waals surface area (Å²) in [6, 6.07) is 8.55. The second kappa shape index (κ2) is 9.69. The largest absolute Gasteiger partial charge is 0.345 e. The van der Waals surface area contributed by atoms with Crippen molar-refractivity contribution >= 4 is 37.5 Å². The van der Waals surface area contributed by atoms with E-state index in [1.165, 1.54) is 11.8 Å². The van der Waals surface area contributed by atoms with Crippen LogP contribution in [0.2, 0.25) is 0 Å². The molecule has 1 aromatic heterocycles. The highest BCUT2D eigenvalue weighted by atomic mass is 79.9. The molecule has 3 heterocycles. The zero-order valence-electron chi connectivity index (χ0n) is 16.3. The number of benzene rings is 1. The Morgan fingerprint density at radius 2 is 1.93 bits per heavy atom. The second-order valence-corrected chi connectivity index (χ2v) is 9.36. The molecular formula is C22H25Br2FN4. The van der Waals surface area contributed by atoms with Crippen LogP contribution in [0.25, 0.3) is 0 Å². The molecule has 29 heavy (non-hydrogen) atoms. The van der Waals surface area contributed by atoms with Crippen LogP contribution < -0.4 is 10.2 Å². The van der Waals surface area contributed by atoms with E-state index in [1.54, 1.807) is 6.07 Å². The van der Waals surface area contributed by atoms with E-state index in [4.69, 9.17) is 0 Å². The number of anilines is 1. The van der Waals surface area contributed by atoms with E-state index < -0.39 is 0 Å². The number of aromatic nitrogens is 1. The van der Waals surface area contributed by atoms with Gasteiger partial charge in [0.1, 0.15) is 5.82 Å². The van der Waals surface area contributed by atoms with Crippen molar-refractivity contribution in [3.8, 4) is 0 Å². The van der Waals surface area contributed by atoms with Crippen LogP contribution in [0.3, 0.4) is 0 Å². The number of hydrogen-bond acceptors (Lipinski definition) is 4. The Bertz CT molecular complexity index is 881. The molecule has 0 saturated carbocycles. The molecule has 0 spiro atoms. The van der Waals surface area contributed by atoms with E-state index >= 15 is 0 Å². The summed E-state index contributed by atoms with van der Waals surface area (Å²) in [6.45, 7) is 4.91. The number of hydrogen-bond donors (Lipinski definition) is 1. The van der Waals surface area contributed by atoms with Gasteiger partial charge < -0.3 is 15.1 Å². The first-order chi connectivity index (χ1) is 14.1. The predicted molar refractivity (Wildman–Crippen MR) is 123 cm³/mol. The highest BCUT2D eigenvalue weighted by Gasteiger charge is 2.20. The lowest BCUT2D eigenvalue weighted by molar-refractivity contribution is 0.201. The van der Waals surface area contributed by atoms with Crippen molar-refractivity contribution in [3.63, 3.8) is 0 Å². The van der Waals surface area contributed by atoms with Crippen LogP contribution in [-0.4, -0.2) is 42.1 Å². The highest BCUT2D eigenvalue weighted by Crippen LogP contribution is 2.25. The first-order valence-electron chi connectivity index (χ1n) is 10.1. The molecule has 0 bridgehead atoms. The number of pyridine rings is 1. The molecule has 1 fully saturated rings. The number of rotatable bonds is 6. The molecule has 4 nitrogen and oxygen atoms in total. The number of halogens is 3. The molecule has 0 atom stereocenters. The van der Waals surface area contributed by atoms with Gasteiger partial charge in [0.2, 0.25) is 0 Å². The summed E-state index contributed by atoms with van der Waals surface area (Å²) in [6.07, 6.45) is 8.55. The Labute approximate surface area is 188 Å². The minimum Gasteiger partial charge on any atom is -0.345 e. The molecule has 4 rings (SSSR count). The van der Waals surface area contributed by atoms with Crippen molar-refractivity contribution in [2.24, 2.45) is 0 Å². The van der Waals surface area contributed by atoms with Gasteiger partial charge in [-0.15, -0.1) is 0 Å². The molecule has 2 aliphatic rings. The lowest BCUT2D eigenvalue weighted by Gasteiger charge is -2.34. The zero-order chi connectivity index (χ0) is 20.2. The first kappa shape index (κ1) is 21.0. The molecule has 7 heteroatoms. The van der Waals surface area contributed by atoms with E-state index in [1.807, 2.05) is 0 Å². The average molecular weight is 524 g/mol. The number of nitrogens with one attached hydrogen (secondary N) is 1. The molecule has 1 saturated heterocycles. The number of fused-ring (bicyclic) bond motifs is 1. The van der Waals surface area contributed by atoms with Crippen molar-refractivity contribution < 1.29 is 4.39 Å². The Morgan fingerprint density at radius 1 is 1.10 bits per heavy atom. The van der Waals surface area contributed by atoms with Crippen molar-refractivity contribution in [2.75, 3.05) is 31.1 Å². The minimum atomic E-state index is -0.270. The SMILES string of the molecule is Fc1cnc2c(c1)N(CCN1CCC(NCc3ccc(Br)c(Br)c3)CC1)C=CC2. The molecule has 2 aliphatic heterocycles. The fraction of sp³-hybridized carbons (Fsp3) is 0.409. The Hall–Kier alpha value is -1.28. The lowest BCUT2D eigenvalue weighted by Crippen LogP contribution is -2.44. The average Bonchev–Trinajstić information content (AvgIpc) is 2.74. The first-order valence-corrected chi connectivity index (χ1v) is 11.6. The van der Waals surface area contributed by atoms with Crippen molar-refractivity contribution in [1.29, 1.82) is 0 Å². The van der Waals surface area contributed by atoms with E-state index in [2.05, 4.69) is 82.4 Å². The quantitative estimate of drug-likeness (QED) is 0.585. The maximum Gasteiger partial charge on any atom is 0.143 e. The topological polar surface area (TPSA) is 31.4 Å². The highest BCUT2D eigenvalue weighted by molar-refractivity contribution is 9.13. The van der Waals surface area contributed by atoms with Crippen molar-refractivity contribution in [3.05, 3.63) is 68.8 Å². The third-order valence-electron chi connectivity index (χ3n) is 5.64. The zero-order valence-corrected chi connectivity index (χ0v) is 19.4. The summed E-state index contributed by atoms with van der Waals surface area (Å²) >= 11 is 7.09. The number of allylic oxidation sites excluding steroid dienone is 1. The van der Waals surface area contributed by atoms with Gasteiger partial charge in [-0.05, 0) is 75.5 Å². The Balaban J connectivity index is 1.22. The summed E-state index contributed by atoms with van der Waals surface area (Å²) in [7, 11) is 0. The fourth-order valence-corrected chi connectivity index (χ4v) is 4.62. The van der Waals surface area contributed by atoms with Crippen LogP contribution in [0, 0.1) is 5.82 Å². The molecule has 0 aliphatic carbocycles. The van der Waals surface area contributed by atoms with Crippen LogP contribution in [0.15, 0.2) is 51.7 Å². The van der Waals surface area contributed by atoms with Crippen LogP contribution >= 0.6 is 31.9 Å². The predicted octanol–water partition coefficient (Wildman–Crippen LogP) is 4.88. The van der Waals surface area contributed by atoms with Gasteiger partial charge in [0.15, 0.2) is 0 Å². The summed E-state index contributed by atoms with van der Waals surface area (Å²) in [4.78, 5) is 8.87. The standard InChI is InChI=1S/C22H25Br2FN4/c23-19-4-3-16(12-20(19)24)14-26-18-5-8-28(9-6-18)10-11-29-7-1-2-21-22(29)13-17(25)15-27-21/h1,3-4,7,12-13,15,18,26H,2,5-6,8-11,14H2. The van der Waals surface area contributed by atoms with Crippen LogP contribution in [0.4, 0.5) is 10.1 Å². The van der Waals surface area contributed by atoms with Gasteiger partial charge in [-0.1, -0.05) is 12.1 Å². The lowest BCUT2D eigenvalue weighted by atomic mass is 10.0. The molecule has 0 radical (unpaired) electrons. The van der Waals surface area contributed by atoms with Gasteiger partial charge >= 0.3 is 0 Å². The monoisotopic (exact) mass is 522 g/mol. The van der Waals surface area contributed by atoms with Gasteiger partial charge in [-0.2, -0.15) is 0 Å². The fourth-order valence-electron chi connectivity index (χ4n) is 3.95. The van der Waals surface area contributed by atoms with Gasteiger partial charge in [-0.25, -0.2) is 4.39 Å². The number of piperidine rings is 1. The third kappa shape index (κ3) is 5.45. The van der Waals surface area contributed by atoms with Gasteiger partial charge in [0.05, 0.1) is 17.6 Å². The summed E-state index contributed by atoms with van der Waals surface area (Å²) in [5.41, 5.74) is 3.15. The maximum absolute atomic E-state index is 13.6. The van der Waals surface area contributed by atoms with Crippen LogP contribution in [0.1, 0.15) is 24.1 Å². The Morgan fingerprint density at radius 3 is 2.72 bits per heavy atom. The molecular weight excluding hydrogens is 499 g/mol. The van der Waals surface area contributed by atoms with Gasteiger partial charge in [-0.3, -0.25) is 4.98 Å². The molecule has 2 aromatic rings. The van der Waals surface area contributed by atoms with Crippen molar-refractivity contribution in [1.82, 2.24) is 15.2 Å². The Kier molecular flexibility index (Phi) is 7.00. The minimum absolute atomic E-state index is 0.270. The van der Waals surface area contributed by atoms with E-state index in [0.717, 1.165) is 72.3 Å². The number of likely N-dealkylation sites (tertiary alicyclic amines) is 1. The molecule has 154 valence electrons. The molecule has 0 amide bonds. The number of nitrogens with zero attached hydrogens (tertiary/aromatic N) is 3. The summed E-state index contributed by atoms with van der Waals surface area (Å²) < 4.78 is 15.8. The molecule has 1 aromatic carbocycles. The third-order valence-corrected chi connectivity index (χ3v) is 7.52. The van der Waals surface area contributed by atoms with Crippen LogP contribution in [-0.2, 0) is 13.0 Å². The van der Waals surface area contributed by atoms with Crippen molar-refractivity contribution in [2.45, 2.75) is 31.8 Å². The smallest absolute Gasteiger partial charge is 0.143 e. The van der Waals surface area contributed by atoms with E-state index in [0.29, 0.717) is 6.04 Å². The normalized spacial score (nSPS) is 17.6.